The van der Waals surface area contributed by atoms with E-state index in [1.807, 2.05) is 31.2 Å². The minimum atomic E-state index is -0.148. The lowest BCUT2D eigenvalue weighted by Crippen LogP contribution is -2.37. The molecule has 126 valence electrons. The molecular formula is C18H20BrN3O2. The van der Waals surface area contributed by atoms with Crippen molar-refractivity contribution in [2.45, 2.75) is 19.8 Å². The second kappa shape index (κ2) is 6.89. The number of hydrogen-bond acceptors (Lipinski definition) is 4. The van der Waals surface area contributed by atoms with Gasteiger partial charge >= 0.3 is 0 Å². The van der Waals surface area contributed by atoms with Crippen LogP contribution in [0.2, 0.25) is 0 Å². The molecule has 0 saturated carbocycles. The fraction of sp³-hybridized carbons (Fsp3) is 0.389. The van der Waals surface area contributed by atoms with Crippen molar-refractivity contribution < 1.29 is 4.79 Å². The first-order valence-electron chi connectivity index (χ1n) is 8.05. The third-order valence-electron chi connectivity index (χ3n) is 4.60. The van der Waals surface area contributed by atoms with Gasteiger partial charge in [0.05, 0.1) is 11.9 Å². The number of halogens is 1. The Balaban J connectivity index is 1.70. The molecule has 5 nitrogen and oxygen atoms in total. The number of rotatable bonds is 3. The molecule has 2 aromatic rings. The lowest BCUT2D eigenvalue weighted by molar-refractivity contribution is 0.0900. The number of carbonyl (C=O) groups is 1. The standard InChI is InChI=1S/C18H20BrN3O2/c1-12-3-5-13(6-4-12)17(23)14-7-9-22(10-8-14)15-11-20-21(2)18(24)16(15)19/h3-6,11,14H,7-10H2,1-2H3. The molecule has 6 heteroatoms. The van der Waals surface area contributed by atoms with E-state index in [0.717, 1.165) is 42.7 Å². The first kappa shape index (κ1) is 16.9. The number of nitrogens with zero attached hydrogens (tertiary/aromatic N) is 3. The Bertz CT molecular complexity index is 806. The zero-order valence-corrected chi connectivity index (χ0v) is 15.4. The number of aryl methyl sites for hydroxylation is 2. The van der Waals surface area contributed by atoms with Gasteiger partial charge in [0.1, 0.15) is 4.47 Å². The van der Waals surface area contributed by atoms with Gasteiger partial charge in [-0.15, -0.1) is 0 Å². The van der Waals surface area contributed by atoms with Crippen molar-refractivity contribution in [2.75, 3.05) is 18.0 Å². The normalized spacial score (nSPS) is 15.5. The fourth-order valence-electron chi connectivity index (χ4n) is 3.06. The third kappa shape index (κ3) is 3.29. The molecule has 0 unspecified atom stereocenters. The second-order valence-corrected chi connectivity index (χ2v) is 7.06. The van der Waals surface area contributed by atoms with Gasteiger partial charge in [0.15, 0.2) is 5.78 Å². The number of anilines is 1. The lowest BCUT2D eigenvalue weighted by Gasteiger charge is -2.33. The summed E-state index contributed by atoms with van der Waals surface area (Å²) in [6.07, 6.45) is 3.27. The minimum Gasteiger partial charge on any atom is -0.369 e. The number of benzene rings is 1. The molecule has 1 fully saturated rings. The SMILES string of the molecule is Cc1ccc(C(=O)C2CCN(c3cnn(C)c(=O)c3Br)CC2)cc1. The molecule has 1 saturated heterocycles. The Morgan fingerprint density at radius 3 is 2.46 bits per heavy atom. The summed E-state index contributed by atoms with van der Waals surface area (Å²) in [7, 11) is 1.63. The van der Waals surface area contributed by atoms with Crippen LogP contribution in [0.3, 0.4) is 0 Å². The highest BCUT2D eigenvalue weighted by Crippen LogP contribution is 2.28. The Morgan fingerprint density at radius 1 is 1.21 bits per heavy atom. The largest absolute Gasteiger partial charge is 0.369 e. The number of Topliss-reactive ketones (excluding diaryl/α,β-unsaturated/α-hetero) is 1. The number of piperidine rings is 1. The molecular weight excluding hydrogens is 370 g/mol. The van der Waals surface area contributed by atoms with Crippen molar-refractivity contribution in [1.82, 2.24) is 9.78 Å². The van der Waals surface area contributed by atoms with Crippen molar-refractivity contribution in [3.8, 4) is 0 Å². The van der Waals surface area contributed by atoms with E-state index < -0.39 is 0 Å². The molecule has 1 aliphatic heterocycles. The molecule has 0 atom stereocenters. The van der Waals surface area contributed by atoms with E-state index in [-0.39, 0.29) is 17.3 Å². The summed E-state index contributed by atoms with van der Waals surface area (Å²) in [5.41, 5.74) is 2.60. The predicted octanol–water partition coefficient (Wildman–Crippen LogP) is 2.95. The molecule has 1 aliphatic rings. The van der Waals surface area contributed by atoms with Gasteiger partial charge in [-0.25, -0.2) is 4.68 Å². The second-order valence-electron chi connectivity index (χ2n) is 6.26. The molecule has 2 heterocycles. The number of carbonyl (C=O) groups excluding carboxylic acids is 1. The molecule has 0 bridgehead atoms. The molecule has 0 amide bonds. The molecule has 3 rings (SSSR count). The first-order chi connectivity index (χ1) is 11.5. The van der Waals surface area contributed by atoms with Crippen molar-refractivity contribution in [1.29, 1.82) is 0 Å². The Morgan fingerprint density at radius 2 is 1.83 bits per heavy atom. The molecule has 24 heavy (non-hydrogen) atoms. The summed E-state index contributed by atoms with van der Waals surface area (Å²) in [6.45, 7) is 3.51. The maximum atomic E-state index is 12.6. The van der Waals surface area contributed by atoms with Gasteiger partial charge in [0.2, 0.25) is 0 Å². The maximum absolute atomic E-state index is 12.6. The lowest BCUT2D eigenvalue weighted by atomic mass is 9.88. The third-order valence-corrected chi connectivity index (χ3v) is 5.35. The maximum Gasteiger partial charge on any atom is 0.282 e. The van der Waals surface area contributed by atoms with Crippen molar-refractivity contribution >= 4 is 27.4 Å². The van der Waals surface area contributed by atoms with Gasteiger partial charge in [-0.1, -0.05) is 29.8 Å². The van der Waals surface area contributed by atoms with Gasteiger partial charge in [-0.2, -0.15) is 5.10 Å². The van der Waals surface area contributed by atoms with Crippen LogP contribution >= 0.6 is 15.9 Å². The van der Waals surface area contributed by atoms with Crippen molar-refractivity contribution in [3.63, 3.8) is 0 Å². The summed E-state index contributed by atoms with van der Waals surface area (Å²) in [5.74, 6) is 0.262. The monoisotopic (exact) mass is 389 g/mol. The Labute approximate surface area is 149 Å². The van der Waals surface area contributed by atoms with E-state index in [9.17, 15) is 9.59 Å². The molecule has 1 aromatic carbocycles. The van der Waals surface area contributed by atoms with Gasteiger partial charge in [0, 0.05) is 31.6 Å². The van der Waals surface area contributed by atoms with Crippen LogP contribution in [0.25, 0.3) is 0 Å². The minimum absolute atomic E-state index is 0.0437. The smallest absolute Gasteiger partial charge is 0.282 e. The van der Waals surface area contributed by atoms with Crippen LogP contribution in [-0.2, 0) is 7.05 Å². The zero-order chi connectivity index (χ0) is 17.3. The number of hydrogen-bond donors (Lipinski definition) is 0. The Kier molecular flexibility index (Phi) is 4.85. The van der Waals surface area contributed by atoms with Crippen molar-refractivity contribution in [3.05, 3.63) is 56.4 Å². The predicted molar refractivity (Wildman–Crippen MR) is 97.6 cm³/mol. The van der Waals surface area contributed by atoms with Crippen LogP contribution in [0, 0.1) is 12.8 Å². The summed E-state index contributed by atoms with van der Waals surface area (Å²) in [4.78, 5) is 26.7. The highest BCUT2D eigenvalue weighted by atomic mass is 79.9. The highest BCUT2D eigenvalue weighted by Gasteiger charge is 2.27. The van der Waals surface area contributed by atoms with E-state index in [1.54, 1.807) is 13.2 Å². The van der Waals surface area contributed by atoms with E-state index in [4.69, 9.17) is 0 Å². The fourth-order valence-corrected chi connectivity index (χ4v) is 3.67. The van der Waals surface area contributed by atoms with E-state index in [1.165, 1.54) is 4.68 Å². The van der Waals surface area contributed by atoms with Crippen LogP contribution in [0.1, 0.15) is 28.8 Å². The van der Waals surface area contributed by atoms with Gasteiger partial charge < -0.3 is 4.90 Å². The molecule has 0 spiro atoms. The summed E-state index contributed by atoms with van der Waals surface area (Å²) in [6, 6.07) is 7.77. The van der Waals surface area contributed by atoms with Crippen LogP contribution in [0.15, 0.2) is 39.7 Å². The van der Waals surface area contributed by atoms with Gasteiger partial charge in [0.25, 0.3) is 5.56 Å². The van der Waals surface area contributed by atoms with Crippen LogP contribution < -0.4 is 10.5 Å². The van der Waals surface area contributed by atoms with Crippen LogP contribution in [0.4, 0.5) is 5.69 Å². The van der Waals surface area contributed by atoms with E-state index >= 15 is 0 Å². The Hall–Kier alpha value is -1.95. The molecule has 0 radical (unpaired) electrons. The highest BCUT2D eigenvalue weighted by molar-refractivity contribution is 9.10. The molecule has 0 aliphatic carbocycles. The van der Waals surface area contributed by atoms with Gasteiger partial charge in [-0.3, -0.25) is 9.59 Å². The summed E-state index contributed by atoms with van der Waals surface area (Å²) >= 11 is 3.37. The van der Waals surface area contributed by atoms with Crippen LogP contribution in [-0.4, -0.2) is 28.7 Å². The van der Waals surface area contributed by atoms with E-state index in [0.29, 0.717) is 4.47 Å². The average molecular weight is 390 g/mol. The average Bonchev–Trinajstić information content (AvgIpc) is 2.60. The number of aromatic nitrogens is 2. The number of ketones is 1. The van der Waals surface area contributed by atoms with E-state index in [2.05, 4.69) is 25.9 Å². The molecule has 1 aromatic heterocycles. The van der Waals surface area contributed by atoms with Crippen LogP contribution in [0.5, 0.6) is 0 Å². The summed E-state index contributed by atoms with van der Waals surface area (Å²) in [5, 5.41) is 4.09. The topological polar surface area (TPSA) is 55.2 Å². The zero-order valence-electron chi connectivity index (χ0n) is 13.8. The quantitative estimate of drug-likeness (QED) is 0.757. The van der Waals surface area contributed by atoms with Gasteiger partial charge in [-0.05, 0) is 35.7 Å². The summed E-state index contributed by atoms with van der Waals surface area (Å²) < 4.78 is 1.84. The first-order valence-corrected chi connectivity index (χ1v) is 8.84. The van der Waals surface area contributed by atoms with Crippen molar-refractivity contribution in [2.24, 2.45) is 13.0 Å². The molecule has 0 N–H and O–H groups in total.